The smallest absolute Gasteiger partial charge is 0.345 e. The normalized spacial score (nSPS) is 38.0. The Morgan fingerprint density at radius 1 is 0.944 bits per heavy atom. The van der Waals surface area contributed by atoms with Crippen LogP contribution in [-0.2, 0) is 8.85 Å². The van der Waals surface area contributed by atoms with E-state index >= 15 is 0 Å². The van der Waals surface area contributed by atoms with Crippen molar-refractivity contribution in [3.63, 3.8) is 0 Å². The third-order valence-corrected chi connectivity index (χ3v) is 10.6. The quantitative estimate of drug-likeness (QED) is 0.565. The van der Waals surface area contributed by atoms with Crippen LogP contribution >= 0.6 is 23.2 Å². The molecule has 4 unspecified atom stereocenters. The molecule has 4 atom stereocenters. The third kappa shape index (κ3) is 2.75. The molecule has 2 saturated carbocycles. The zero-order chi connectivity index (χ0) is 13.2. The van der Waals surface area contributed by atoms with E-state index in [9.17, 15) is 0 Å². The maximum atomic E-state index is 6.52. The van der Waals surface area contributed by atoms with Crippen molar-refractivity contribution < 1.29 is 8.85 Å². The van der Waals surface area contributed by atoms with E-state index in [-0.39, 0.29) is 10.8 Å². The predicted molar refractivity (Wildman–Crippen MR) is 78.9 cm³/mol. The fourth-order valence-corrected chi connectivity index (χ4v) is 9.75. The minimum Gasteiger partial charge on any atom is -0.397 e. The van der Waals surface area contributed by atoms with Crippen LogP contribution in [0.4, 0.5) is 0 Å². The lowest BCUT2D eigenvalue weighted by Crippen LogP contribution is -2.52. The van der Waals surface area contributed by atoms with E-state index in [1.807, 2.05) is 14.2 Å². The van der Waals surface area contributed by atoms with Crippen LogP contribution < -0.4 is 0 Å². The number of rotatable bonds is 4. The van der Waals surface area contributed by atoms with Crippen LogP contribution in [0.15, 0.2) is 0 Å². The molecule has 0 bridgehead atoms. The summed E-state index contributed by atoms with van der Waals surface area (Å²) in [6.07, 6.45) is 8.02. The van der Waals surface area contributed by atoms with Crippen molar-refractivity contribution in [1.29, 1.82) is 0 Å². The van der Waals surface area contributed by atoms with Crippen LogP contribution in [0.2, 0.25) is 11.1 Å². The lowest BCUT2D eigenvalue weighted by atomic mass is 10.00. The van der Waals surface area contributed by atoms with Gasteiger partial charge in [-0.2, -0.15) is 0 Å². The molecule has 2 aliphatic carbocycles. The van der Waals surface area contributed by atoms with E-state index in [0.29, 0.717) is 11.1 Å². The predicted octanol–water partition coefficient (Wildman–Crippen LogP) is 4.43. The van der Waals surface area contributed by atoms with Crippen LogP contribution in [0.25, 0.3) is 0 Å². The molecule has 0 aliphatic heterocycles. The van der Waals surface area contributed by atoms with Crippen molar-refractivity contribution in [2.45, 2.75) is 66.8 Å². The Balaban J connectivity index is 2.19. The first-order valence-corrected chi connectivity index (χ1v) is 9.87. The fraction of sp³-hybridized carbons (Fsp3) is 1.00. The molecule has 0 heterocycles. The average Bonchev–Trinajstić information content (AvgIpc) is 2.79. The van der Waals surface area contributed by atoms with Crippen LogP contribution in [0.3, 0.4) is 0 Å². The molecule has 106 valence electrons. The highest BCUT2D eigenvalue weighted by Crippen LogP contribution is 2.51. The lowest BCUT2D eigenvalue weighted by Gasteiger charge is -2.43. The Morgan fingerprint density at radius 3 is 2.11 bits per heavy atom. The highest BCUT2D eigenvalue weighted by Gasteiger charge is 2.55. The van der Waals surface area contributed by atoms with Crippen LogP contribution in [0.1, 0.15) is 44.9 Å². The van der Waals surface area contributed by atoms with Gasteiger partial charge in [0, 0.05) is 36.1 Å². The van der Waals surface area contributed by atoms with Crippen molar-refractivity contribution in [2.75, 3.05) is 14.2 Å². The van der Waals surface area contributed by atoms with Crippen molar-refractivity contribution >= 4 is 31.8 Å². The van der Waals surface area contributed by atoms with Gasteiger partial charge in [0.1, 0.15) is 0 Å². The monoisotopic (exact) mass is 310 g/mol. The van der Waals surface area contributed by atoms with E-state index < -0.39 is 8.56 Å². The second-order valence-corrected chi connectivity index (χ2v) is 10.6. The van der Waals surface area contributed by atoms with Gasteiger partial charge in [0.05, 0.1) is 0 Å². The molecule has 0 aromatic carbocycles. The molecule has 2 nitrogen and oxygen atoms in total. The number of hydrogen-bond acceptors (Lipinski definition) is 2. The van der Waals surface area contributed by atoms with Crippen molar-refractivity contribution in [1.82, 2.24) is 0 Å². The Morgan fingerprint density at radius 2 is 1.61 bits per heavy atom. The molecule has 2 fully saturated rings. The van der Waals surface area contributed by atoms with Gasteiger partial charge in [-0.25, -0.2) is 0 Å². The molecule has 0 N–H and O–H groups in total. The molecule has 0 aromatic heterocycles. The highest BCUT2D eigenvalue weighted by atomic mass is 35.5. The lowest BCUT2D eigenvalue weighted by molar-refractivity contribution is 0.204. The van der Waals surface area contributed by atoms with Gasteiger partial charge >= 0.3 is 8.56 Å². The minimum atomic E-state index is -2.23. The van der Waals surface area contributed by atoms with E-state index in [1.165, 1.54) is 19.3 Å². The number of hydrogen-bond donors (Lipinski definition) is 0. The van der Waals surface area contributed by atoms with Crippen molar-refractivity contribution in [3.8, 4) is 0 Å². The molecule has 0 aromatic rings. The molecule has 18 heavy (non-hydrogen) atoms. The number of halogens is 2. The second kappa shape index (κ2) is 6.44. The molecule has 0 radical (unpaired) electrons. The zero-order valence-electron chi connectivity index (χ0n) is 11.3. The van der Waals surface area contributed by atoms with Crippen LogP contribution in [0.5, 0.6) is 0 Å². The summed E-state index contributed by atoms with van der Waals surface area (Å²) in [5, 5.41) is 0.517. The summed E-state index contributed by atoms with van der Waals surface area (Å²) in [6.45, 7) is 0. The molecular weight excluding hydrogens is 287 g/mol. The Hall–Kier alpha value is 0.717. The van der Waals surface area contributed by atoms with Gasteiger partial charge in [0.15, 0.2) is 0 Å². The maximum absolute atomic E-state index is 6.52. The zero-order valence-corrected chi connectivity index (χ0v) is 13.8. The van der Waals surface area contributed by atoms with Gasteiger partial charge in [0.25, 0.3) is 0 Å². The van der Waals surface area contributed by atoms with Gasteiger partial charge in [-0.05, 0) is 32.1 Å². The molecule has 0 saturated heterocycles. The van der Waals surface area contributed by atoms with Gasteiger partial charge in [-0.3, -0.25) is 0 Å². The number of alkyl halides is 2. The first-order chi connectivity index (χ1) is 8.64. The molecule has 0 amide bonds. The summed E-state index contributed by atoms with van der Waals surface area (Å²) in [4.78, 5) is 0. The molecule has 0 spiro atoms. The first kappa shape index (κ1) is 15.1. The summed E-state index contributed by atoms with van der Waals surface area (Å²) in [6, 6.07) is 0. The average molecular weight is 311 g/mol. The van der Waals surface area contributed by atoms with Crippen molar-refractivity contribution in [2.24, 2.45) is 0 Å². The van der Waals surface area contributed by atoms with Crippen LogP contribution in [0, 0.1) is 0 Å². The third-order valence-electron chi connectivity index (χ3n) is 4.77. The Kier molecular flexibility index (Phi) is 5.41. The molecule has 2 rings (SSSR count). The van der Waals surface area contributed by atoms with E-state index in [4.69, 9.17) is 32.1 Å². The first-order valence-electron chi connectivity index (χ1n) is 7.02. The maximum Gasteiger partial charge on any atom is 0.345 e. The van der Waals surface area contributed by atoms with E-state index in [1.54, 1.807) is 0 Å². The molecule has 2 aliphatic rings. The van der Waals surface area contributed by atoms with E-state index in [0.717, 1.165) is 25.7 Å². The Bertz CT molecular complexity index is 274. The summed E-state index contributed by atoms with van der Waals surface area (Å²) in [5.41, 5.74) is 0.939. The summed E-state index contributed by atoms with van der Waals surface area (Å²) >= 11 is 12.9. The van der Waals surface area contributed by atoms with Gasteiger partial charge in [-0.1, -0.05) is 12.8 Å². The molecular formula is C13H24Cl2O2Si. The molecule has 5 heteroatoms. The van der Waals surface area contributed by atoms with Crippen molar-refractivity contribution in [3.05, 3.63) is 0 Å². The van der Waals surface area contributed by atoms with Gasteiger partial charge in [-0.15, -0.1) is 23.2 Å². The SMILES string of the molecule is CO[Si](OC)(C1CCCC(Cl)C1)C1CCCC1Cl. The second-order valence-electron chi connectivity index (χ2n) is 5.64. The summed E-state index contributed by atoms with van der Waals surface area (Å²) in [5.74, 6) is 0. The van der Waals surface area contributed by atoms with E-state index in [2.05, 4.69) is 0 Å². The Labute approximate surface area is 122 Å². The fourth-order valence-electron chi connectivity index (χ4n) is 3.89. The summed E-state index contributed by atoms with van der Waals surface area (Å²) < 4.78 is 12.0. The minimum absolute atomic E-state index is 0.229. The summed E-state index contributed by atoms with van der Waals surface area (Å²) in [7, 11) is 1.40. The van der Waals surface area contributed by atoms with Gasteiger partial charge < -0.3 is 8.85 Å². The standard InChI is InChI=1S/C13H24Cl2O2Si/c1-16-18(17-2,13-8-4-7-12(13)15)11-6-3-5-10(14)9-11/h10-13H,3-9H2,1-2H3. The van der Waals surface area contributed by atoms with Crippen LogP contribution in [-0.4, -0.2) is 33.5 Å². The highest BCUT2D eigenvalue weighted by molar-refractivity contribution is 6.71. The largest absolute Gasteiger partial charge is 0.397 e. The van der Waals surface area contributed by atoms with Gasteiger partial charge in [0.2, 0.25) is 0 Å². The topological polar surface area (TPSA) is 18.5 Å².